The first kappa shape index (κ1) is 20.9. The van der Waals surface area contributed by atoms with Gasteiger partial charge in [-0.2, -0.15) is 18.2 Å². The summed E-state index contributed by atoms with van der Waals surface area (Å²) in [6.07, 6.45) is -2.30. The quantitative estimate of drug-likeness (QED) is 0.524. The predicted octanol–water partition coefficient (Wildman–Crippen LogP) is 5.31. The Balaban J connectivity index is 1.87. The molecule has 0 unspecified atom stereocenters. The molecule has 2 aromatic rings. The molecule has 0 bridgehead atoms. The van der Waals surface area contributed by atoms with Gasteiger partial charge in [-0.15, -0.1) is 0 Å². The molecule has 1 aromatic carbocycles. The maximum atomic E-state index is 12.9. The molecule has 0 amide bonds. The van der Waals surface area contributed by atoms with Crippen LogP contribution in [0.2, 0.25) is 0 Å². The molecule has 9 heteroatoms. The molecule has 1 fully saturated rings. The number of benzene rings is 1. The van der Waals surface area contributed by atoms with Crippen LogP contribution < -0.4 is 10.6 Å². The van der Waals surface area contributed by atoms with Crippen LogP contribution in [0.15, 0.2) is 28.7 Å². The van der Waals surface area contributed by atoms with Crippen LogP contribution in [0.3, 0.4) is 0 Å². The van der Waals surface area contributed by atoms with Crippen molar-refractivity contribution in [2.24, 2.45) is 5.92 Å². The summed E-state index contributed by atoms with van der Waals surface area (Å²) in [7, 11) is 0. The fourth-order valence-electron chi connectivity index (χ4n) is 2.70. The van der Waals surface area contributed by atoms with Gasteiger partial charge in [0.15, 0.2) is 0 Å². The number of alkyl halides is 3. The first-order valence-electron chi connectivity index (χ1n) is 9.07. The van der Waals surface area contributed by atoms with Crippen LogP contribution in [-0.2, 0) is 6.18 Å². The van der Waals surface area contributed by atoms with E-state index in [9.17, 15) is 18.3 Å². The number of nitrogens with zero attached hydrogens (tertiary/aromatic N) is 2. The van der Waals surface area contributed by atoms with Crippen LogP contribution in [0.5, 0.6) is 0 Å². The molecule has 152 valence electrons. The lowest BCUT2D eigenvalue weighted by atomic mass is 10.1. The Labute approximate surface area is 169 Å². The summed E-state index contributed by atoms with van der Waals surface area (Å²) in [5.41, 5.74) is 0.627. The van der Waals surface area contributed by atoms with E-state index in [1.165, 1.54) is 6.07 Å². The Morgan fingerprint density at radius 1 is 1.21 bits per heavy atom. The van der Waals surface area contributed by atoms with Crippen molar-refractivity contribution in [3.63, 3.8) is 0 Å². The minimum Gasteiger partial charge on any atom is -0.394 e. The molecule has 0 spiro atoms. The van der Waals surface area contributed by atoms with E-state index in [0.29, 0.717) is 27.8 Å². The maximum absolute atomic E-state index is 12.9. The lowest BCUT2D eigenvalue weighted by Gasteiger charge is -2.21. The Bertz CT molecular complexity index is 840. The first-order chi connectivity index (χ1) is 13.2. The molecule has 5 nitrogen and oxygen atoms in total. The zero-order valence-corrected chi connectivity index (χ0v) is 17.1. The Morgan fingerprint density at radius 3 is 2.46 bits per heavy atom. The largest absolute Gasteiger partial charge is 0.416 e. The van der Waals surface area contributed by atoms with Crippen molar-refractivity contribution in [2.45, 2.75) is 44.8 Å². The fourth-order valence-corrected chi connectivity index (χ4v) is 3.18. The van der Waals surface area contributed by atoms with Gasteiger partial charge in [-0.25, -0.2) is 4.98 Å². The molecule has 1 saturated carbocycles. The van der Waals surface area contributed by atoms with E-state index < -0.39 is 11.7 Å². The van der Waals surface area contributed by atoms with Crippen molar-refractivity contribution in [1.29, 1.82) is 0 Å². The van der Waals surface area contributed by atoms with Crippen molar-refractivity contribution in [1.82, 2.24) is 9.97 Å². The third-order valence-corrected chi connectivity index (χ3v) is 5.27. The van der Waals surface area contributed by atoms with Crippen molar-refractivity contribution in [2.75, 3.05) is 17.2 Å². The molecule has 1 aliphatic carbocycles. The third-order valence-electron chi connectivity index (χ3n) is 4.62. The summed E-state index contributed by atoms with van der Waals surface area (Å²) in [5.74, 6) is 1.42. The Hall–Kier alpha value is -1.87. The minimum absolute atomic E-state index is 0.0537. The van der Waals surface area contributed by atoms with Crippen molar-refractivity contribution in [3.8, 4) is 0 Å². The smallest absolute Gasteiger partial charge is 0.394 e. The number of hydrogen-bond acceptors (Lipinski definition) is 5. The highest BCUT2D eigenvalue weighted by atomic mass is 79.9. The van der Waals surface area contributed by atoms with Crippen molar-refractivity contribution < 1.29 is 18.3 Å². The summed E-state index contributed by atoms with van der Waals surface area (Å²) in [6, 6.07) is 5.04. The molecule has 3 rings (SSSR count). The monoisotopic (exact) mass is 458 g/mol. The summed E-state index contributed by atoms with van der Waals surface area (Å²) in [4.78, 5) is 8.98. The van der Waals surface area contributed by atoms with Gasteiger partial charge in [0.2, 0.25) is 5.95 Å². The molecule has 3 N–H and O–H groups in total. The second kappa shape index (κ2) is 8.24. The SMILES string of the molecule is CC(C)[C@H](CO)Nc1nc(Nc2ccc(C(F)(F)F)cc2Br)cc(C2CC2)n1. The average Bonchev–Trinajstić information content (AvgIpc) is 3.45. The maximum Gasteiger partial charge on any atom is 0.416 e. The topological polar surface area (TPSA) is 70.1 Å². The minimum atomic E-state index is -4.40. The van der Waals surface area contributed by atoms with E-state index in [2.05, 4.69) is 36.5 Å². The molecule has 28 heavy (non-hydrogen) atoms. The van der Waals surface area contributed by atoms with Gasteiger partial charge in [-0.05, 0) is 52.9 Å². The van der Waals surface area contributed by atoms with E-state index in [-0.39, 0.29) is 18.6 Å². The molecule has 1 atom stereocenters. The fraction of sp³-hybridized carbons (Fsp3) is 0.474. The van der Waals surface area contributed by atoms with Gasteiger partial charge in [0.25, 0.3) is 0 Å². The number of hydrogen-bond donors (Lipinski definition) is 3. The standard InChI is InChI=1S/C19H22BrF3N4O/c1-10(2)16(9-28)26-18-25-15(11-3-4-11)8-17(27-18)24-14-6-5-12(7-13(14)20)19(21,22)23/h5-8,10-11,16,28H,3-4,9H2,1-2H3,(H2,24,25,26,27)/t16-/m0/s1. The third kappa shape index (κ3) is 5.14. The number of halogens is 4. The van der Waals surface area contributed by atoms with Gasteiger partial charge in [0, 0.05) is 16.5 Å². The summed E-state index contributed by atoms with van der Waals surface area (Å²) in [5, 5.41) is 15.8. The molecular weight excluding hydrogens is 437 g/mol. The van der Waals surface area contributed by atoms with Crippen LogP contribution in [0.25, 0.3) is 0 Å². The van der Waals surface area contributed by atoms with Crippen molar-refractivity contribution in [3.05, 3.63) is 40.0 Å². The highest BCUT2D eigenvalue weighted by molar-refractivity contribution is 9.10. The van der Waals surface area contributed by atoms with Crippen LogP contribution in [0, 0.1) is 5.92 Å². The molecule has 0 aliphatic heterocycles. The van der Waals surface area contributed by atoms with Gasteiger partial charge in [-0.3, -0.25) is 0 Å². The Morgan fingerprint density at radius 2 is 1.93 bits per heavy atom. The lowest BCUT2D eigenvalue weighted by molar-refractivity contribution is -0.137. The number of rotatable bonds is 7. The molecular formula is C19H22BrF3N4O. The van der Waals surface area contributed by atoms with Crippen LogP contribution in [-0.4, -0.2) is 27.7 Å². The normalized spacial score (nSPS) is 15.6. The predicted molar refractivity (Wildman–Crippen MR) is 106 cm³/mol. The van der Waals surface area contributed by atoms with E-state index >= 15 is 0 Å². The average molecular weight is 459 g/mol. The molecule has 1 aliphatic rings. The number of aliphatic hydroxyl groups excluding tert-OH is 1. The van der Waals surface area contributed by atoms with Gasteiger partial charge >= 0.3 is 6.18 Å². The summed E-state index contributed by atoms with van der Waals surface area (Å²) < 4.78 is 38.9. The number of aliphatic hydroxyl groups is 1. The second-order valence-corrected chi connectivity index (χ2v) is 8.13. The molecule has 1 aromatic heterocycles. The number of aromatic nitrogens is 2. The molecule has 0 saturated heterocycles. The van der Waals surface area contributed by atoms with E-state index in [1.54, 1.807) is 0 Å². The zero-order chi connectivity index (χ0) is 20.5. The van der Waals surface area contributed by atoms with Crippen LogP contribution >= 0.6 is 15.9 Å². The van der Waals surface area contributed by atoms with E-state index in [1.807, 2.05) is 19.9 Å². The number of anilines is 3. The summed E-state index contributed by atoms with van der Waals surface area (Å²) in [6.45, 7) is 3.91. The zero-order valence-electron chi connectivity index (χ0n) is 15.5. The molecule has 1 heterocycles. The highest BCUT2D eigenvalue weighted by Gasteiger charge is 2.31. The van der Waals surface area contributed by atoms with E-state index in [0.717, 1.165) is 30.7 Å². The Kier molecular flexibility index (Phi) is 6.14. The van der Waals surface area contributed by atoms with Gasteiger partial charge < -0.3 is 15.7 Å². The van der Waals surface area contributed by atoms with Crippen LogP contribution in [0.4, 0.5) is 30.6 Å². The van der Waals surface area contributed by atoms with Gasteiger partial charge in [0.05, 0.1) is 29.6 Å². The second-order valence-electron chi connectivity index (χ2n) is 7.27. The highest BCUT2D eigenvalue weighted by Crippen LogP contribution is 2.40. The van der Waals surface area contributed by atoms with Gasteiger partial charge in [0.1, 0.15) is 5.82 Å². The molecule has 0 radical (unpaired) electrons. The lowest BCUT2D eigenvalue weighted by Crippen LogP contribution is -2.30. The van der Waals surface area contributed by atoms with Crippen molar-refractivity contribution >= 4 is 33.4 Å². The number of nitrogens with one attached hydrogen (secondary N) is 2. The first-order valence-corrected chi connectivity index (χ1v) is 9.87. The van der Waals surface area contributed by atoms with Gasteiger partial charge in [-0.1, -0.05) is 13.8 Å². The summed E-state index contributed by atoms with van der Waals surface area (Å²) >= 11 is 3.19. The van der Waals surface area contributed by atoms with Crippen LogP contribution in [0.1, 0.15) is 43.9 Å². The van der Waals surface area contributed by atoms with E-state index in [4.69, 9.17) is 0 Å².